The van der Waals surface area contributed by atoms with Crippen molar-refractivity contribution in [2.75, 3.05) is 0 Å². The van der Waals surface area contributed by atoms with Crippen LogP contribution in [0.15, 0.2) is 23.1 Å². The Bertz CT molecular complexity index is 413. The average Bonchev–Trinajstić information content (AvgIpc) is 2.04. The average molecular weight is 164 g/mol. The number of aromatic carboxylic acids is 1. The van der Waals surface area contributed by atoms with Crippen LogP contribution in [0.1, 0.15) is 10.4 Å². The predicted molar refractivity (Wildman–Crippen MR) is 38.7 cm³/mol. The van der Waals surface area contributed by atoms with Crippen molar-refractivity contribution >= 4 is 5.97 Å². The van der Waals surface area contributed by atoms with E-state index in [1.165, 1.54) is 18.5 Å². The number of carbonyl (C=O) groups is 1. The summed E-state index contributed by atoms with van der Waals surface area (Å²) in [5, 5.41) is 16.8. The Morgan fingerprint density at radius 3 is 2.83 bits per heavy atom. The minimum absolute atomic E-state index is 0.404. The number of nitriles is 1. The molecule has 0 aliphatic carbocycles. The number of rotatable bonds is 1. The van der Waals surface area contributed by atoms with Gasteiger partial charge in [0.05, 0.1) is 0 Å². The van der Waals surface area contributed by atoms with Gasteiger partial charge >= 0.3 is 5.97 Å². The molecule has 5 heteroatoms. The second kappa shape index (κ2) is 2.88. The molecule has 1 rings (SSSR count). The fraction of sp³-hybridized carbons (Fsp3) is 0. The minimum atomic E-state index is -1.33. The third-order valence-electron chi connectivity index (χ3n) is 1.29. The van der Waals surface area contributed by atoms with E-state index in [4.69, 9.17) is 10.4 Å². The van der Waals surface area contributed by atoms with Crippen LogP contribution in [0.4, 0.5) is 0 Å². The van der Waals surface area contributed by atoms with Gasteiger partial charge in [-0.05, 0) is 12.1 Å². The second-order valence-corrected chi connectivity index (χ2v) is 2.00. The number of carboxylic acids is 1. The van der Waals surface area contributed by atoms with Crippen molar-refractivity contribution in [2.24, 2.45) is 0 Å². The van der Waals surface area contributed by atoms with Crippen LogP contribution in [-0.4, -0.2) is 15.6 Å². The summed E-state index contributed by atoms with van der Waals surface area (Å²) >= 11 is 0. The van der Waals surface area contributed by atoms with E-state index in [1.807, 2.05) is 0 Å². The van der Waals surface area contributed by atoms with Gasteiger partial charge in [0.25, 0.3) is 5.56 Å². The number of carboxylic acid groups (broad SMARTS) is 1. The highest BCUT2D eigenvalue weighted by Gasteiger charge is 2.08. The van der Waals surface area contributed by atoms with E-state index in [0.717, 1.165) is 6.07 Å². The molecule has 0 radical (unpaired) electrons. The van der Waals surface area contributed by atoms with E-state index >= 15 is 0 Å². The van der Waals surface area contributed by atoms with Crippen molar-refractivity contribution in [3.05, 3.63) is 34.2 Å². The normalized spacial score (nSPS) is 8.92. The Morgan fingerprint density at radius 2 is 2.33 bits per heavy atom. The van der Waals surface area contributed by atoms with Crippen LogP contribution in [0.2, 0.25) is 0 Å². The molecule has 5 nitrogen and oxygen atoms in total. The Balaban J connectivity index is 3.46. The summed E-state index contributed by atoms with van der Waals surface area (Å²) in [6.07, 6.45) is 2.73. The Kier molecular flexibility index (Phi) is 1.92. The lowest BCUT2D eigenvalue weighted by atomic mass is 10.3. The van der Waals surface area contributed by atoms with E-state index in [0.29, 0.717) is 4.57 Å². The molecule has 0 aliphatic rings. The van der Waals surface area contributed by atoms with Gasteiger partial charge in [0, 0.05) is 6.20 Å². The molecule has 0 spiro atoms. The van der Waals surface area contributed by atoms with Crippen molar-refractivity contribution in [1.29, 1.82) is 5.26 Å². The quantitative estimate of drug-likeness (QED) is 0.626. The molecule has 0 saturated heterocycles. The topological polar surface area (TPSA) is 83.1 Å². The minimum Gasteiger partial charge on any atom is -0.477 e. The predicted octanol–water partition coefficient (Wildman–Crippen LogP) is -0.124. The SMILES string of the molecule is N#Cn1cccc(C(=O)O)c1=O. The molecular weight excluding hydrogens is 160 g/mol. The van der Waals surface area contributed by atoms with Gasteiger partial charge in [-0.1, -0.05) is 0 Å². The molecule has 1 aromatic heterocycles. The highest BCUT2D eigenvalue weighted by molar-refractivity contribution is 5.87. The summed E-state index contributed by atoms with van der Waals surface area (Å²) in [5.41, 5.74) is -1.22. The molecular formula is C7H4N2O3. The first-order valence-corrected chi connectivity index (χ1v) is 3.02. The fourth-order valence-corrected chi connectivity index (χ4v) is 0.736. The zero-order valence-electron chi connectivity index (χ0n) is 5.89. The summed E-state index contributed by atoms with van der Waals surface area (Å²) < 4.78 is 0.656. The molecule has 0 saturated carbocycles. The van der Waals surface area contributed by atoms with Crippen LogP contribution in [0.5, 0.6) is 0 Å². The van der Waals surface area contributed by atoms with E-state index in [2.05, 4.69) is 0 Å². The summed E-state index contributed by atoms with van der Waals surface area (Å²) in [7, 11) is 0. The zero-order chi connectivity index (χ0) is 9.14. The van der Waals surface area contributed by atoms with Gasteiger partial charge < -0.3 is 5.11 Å². The number of hydrogen-bond donors (Lipinski definition) is 1. The summed E-state index contributed by atoms with van der Waals surface area (Å²) in [6.45, 7) is 0. The summed E-state index contributed by atoms with van der Waals surface area (Å²) in [6, 6.07) is 2.48. The van der Waals surface area contributed by atoms with E-state index in [9.17, 15) is 9.59 Å². The lowest BCUT2D eigenvalue weighted by Crippen LogP contribution is -2.22. The molecule has 0 unspecified atom stereocenters. The molecule has 0 fully saturated rings. The maximum absolute atomic E-state index is 11.0. The van der Waals surface area contributed by atoms with Gasteiger partial charge in [-0.25, -0.2) is 9.36 Å². The maximum atomic E-state index is 11.0. The van der Waals surface area contributed by atoms with Crippen molar-refractivity contribution < 1.29 is 9.90 Å². The summed E-state index contributed by atoms with van der Waals surface area (Å²) in [5.74, 6) is -1.33. The number of nitrogens with zero attached hydrogens (tertiary/aromatic N) is 2. The molecule has 1 aromatic rings. The first-order chi connectivity index (χ1) is 5.66. The van der Waals surface area contributed by atoms with E-state index in [1.54, 1.807) is 0 Å². The fourth-order valence-electron chi connectivity index (χ4n) is 0.736. The number of pyridine rings is 1. The van der Waals surface area contributed by atoms with Gasteiger partial charge in [0.2, 0.25) is 0 Å². The van der Waals surface area contributed by atoms with Crippen LogP contribution in [0.25, 0.3) is 0 Å². The molecule has 0 atom stereocenters. The van der Waals surface area contributed by atoms with Crippen molar-refractivity contribution in [3.8, 4) is 6.19 Å². The molecule has 1 N–H and O–H groups in total. The molecule has 0 aliphatic heterocycles. The zero-order valence-corrected chi connectivity index (χ0v) is 5.89. The van der Waals surface area contributed by atoms with Crippen molar-refractivity contribution in [3.63, 3.8) is 0 Å². The lowest BCUT2D eigenvalue weighted by molar-refractivity contribution is 0.0694. The molecule has 60 valence electrons. The van der Waals surface area contributed by atoms with Crippen LogP contribution >= 0.6 is 0 Å². The Labute approximate surface area is 67.1 Å². The molecule has 1 heterocycles. The van der Waals surface area contributed by atoms with Crippen LogP contribution in [0, 0.1) is 11.5 Å². The smallest absolute Gasteiger partial charge is 0.341 e. The molecule has 0 aromatic carbocycles. The lowest BCUT2D eigenvalue weighted by Gasteiger charge is -1.93. The Morgan fingerprint density at radius 1 is 1.67 bits per heavy atom. The largest absolute Gasteiger partial charge is 0.477 e. The van der Waals surface area contributed by atoms with Gasteiger partial charge in [-0.2, -0.15) is 5.26 Å². The van der Waals surface area contributed by atoms with Crippen molar-refractivity contribution in [2.45, 2.75) is 0 Å². The van der Waals surface area contributed by atoms with Gasteiger partial charge in [0.1, 0.15) is 5.56 Å². The van der Waals surface area contributed by atoms with Gasteiger partial charge in [-0.15, -0.1) is 0 Å². The monoisotopic (exact) mass is 164 g/mol. The van der Waals surface area contributed by atoms with E-state index in [-0.39, 0.29) is 0 Å². The third kappa shape index (κ3) is 1.18. The second-order valence-electron chi connectivity index (χ2n) is 2.00. The van der Waals surface area contributed by atoms with Crippen LogP contribution in [-0.2, 0) is 0 Å². The van der Waals surface area contributed by atoms with Gasteiger partial charge in [-0.3, -0.25) is 4.79 Å². The first-order valence-electron chi connectivity index (χ1n) is 3.02. The van der Waals surface area contributed by atoms with Crippen LogP contribution < -0.4 is 5.56 Å². The number of hydrogen-bond acceptors (Lipinski definition) is 3. The molecule has 12 heavy (non-hydrogen) atoms. The first kappa shape index (κ1) is 8.01. The highest BCUT2D eigenvalue weighted by Crippen LogP contribution is 1.89. The highest BCUT2D eigenvalue weighted by atomic mass is 16.4. The molecule has 0 amide bonds. The standard InChI is InChI=1S/C7H4N2O3/c8-4-9-3-1-2-5(6(9)10)7(11)12/h1-3H,(H,11,12). The maximum Gasteiger partial charge on any atom is 0.341 e. The van der Waals surface area contributed by atoms with Crippen molar-refractivity contribution in [1.82, 2.24) is 4.57 Å². The third-order valence-corrected chi connectivity index (χ3v) is 1.29. The van der Waals surface area contributed by atoms with Gasteiger partial charge in [0.15, 0.2) is 6.19 Å². The number of aromatic nitrogens is 1. The summed E-state index contributed by atoms with van der Waals surface area (Å²) in [4.78, 5) is 21.4. The van der Waals surface area contributed by atoms with Crippen LogP contribution in [0.3, 0.4) is 0 Å². The van der Waals surface area contributed by atoms with E-state index < -0.39 is 17.1 Å². The molecule has 0 bridgehead atoms. The Hall–Kier alpha value is -2.09.